The summed E-state index contributed by atoms with van der Waals surface area (Å²) in [4.78, 5) is 11.0. The second kappa shape index (κ2) is 4.97. The molecule has 94 valence electrons. The van der Waals surface area contributed by atoms with Crippen LogP contribution in [-0.4, -0.2) is 27.8 Å². The number of aliphatic hydroxyl groups excluding tert-OH is 1. The molecule has 5 nitrogen and oxygen atoms in total. The minimum Gasteiger partial charge on any atom is -0.394 e. The van der Waals surface area contributed by atoms with E-state index in [0.29, 0.717) is 17.5 Å². The van der Waals surface area contributed by atoms with Crippen LogP contribution in [0.5, 0.6) is 0 Å². The Morgan fingerprint density at radius 1 is 1.39 bits per heavy atom. The Balaban J connectivity index is 2.52. The lowest BCUT2D eigenvalue weighted by molar-refractivity contribution is 0.112. The quantitative estimate of drug-likeness (QED) is 0.794. The fourth-order valence-corrected chi connectivity index (χ4v) is 1.69. The molecule has 0 bridgehead atoms. The molecule has 0 aliphatic heterocycles. The number of nitrogens with two attached hydrogens (primary N) is 1. The smallest absolute Gasteiger partial charge is 0.156 e. The molecule has 1 heterocycles. The summed E-state index contributed by atoms with van der Waals surface area (Å²) in [5.74, 6) is -0.174. The van der Waals surface area contributed by atoms with E-state index in [1.54, 1.807) is 0 Å². The second-order valence-corrected chi connectivity index (χ2v) is 3.72. The van der Waals surface area contributed by atoms with E-state index in [1.807, 2.05) is 0 Å². The number of aromatic nitrogens is 2. The summed E-state index contributed by atoms with van der Waals surface area (Å²) >= 11 is 0. The fourth-order valence-electron chi connectivity index (χ4n) is 1.69. The first kappa shape index (κ1) is 12.3. The van der Waals surface area contributed by atoms with E-state index in [2.05, 4.69) is 5.10 Å². The number of benzene rings is 1. The number of aldehydes is 1. The molecule has 0 unspecified atom stereocenters. The largest absolute Gasteiger partial charge is 0.394 e. The van der Waals surface area contributed by atoms with Gasteiger partial charge in [0.1, 0.15) is 17.3 Å². The van der Waals surface area contributed by atoms with Crippen molar-refractivity contribution in [2.24, 2.45) is 0 Å². The van der Waals surface area contributed by atoms with E-state index in [1.165, 1.54) is 28.9 Å². The van der Waals surface area contributed by atoms with Crippen LogP contribution in [0.3, 0.4) is 0 Å². The predicted octanol–water partition coefficient (Wildman–Crippen LogP) is 1.08. The summed E-state index contributed by atoms with van der Waals surface area (Å²) in [7, 11) is 0. The number of hydrogen-bond acceptors (Lipinski definition) is 4. The van der Waals surface area contributed by atoms with Gasteiger partial charge in [-0.05, 0) is 24.3 Å². The van der Waals surface area contributed by atoms with Crippen LogP contribution in [0.2, 0.25) is 0 Å². The summed E-state index contributed by atoms with van der Waals surface area (Å²) in [6.45, 7) is 0.0703. The van der Waals surface area contributed by atoms with Gasteiger partial charge in [-0.15, -0.1) is 0 Å². The van der Waals surface area contributed by atoms with E-state index < -0.39 is 0 Å². The Morgan fingerprint density at radius 3 is 2.61 bits per heavy atom. The van der Waals surface area contributed by atoms with Crippen LogP contribution in [0.4, 0.5) is 10.2 Å². The molecule has 1 aromatic heterocycles. The van der Waals surface area contributed by atoms with Crippen molar-refractivity contribution in [1.29, 1.82) is 0 Å². The summed E-state index contributed by atoms with van der Waals surface area (Å²) in [6, 6.07) is 5.61. The number of nitrogen functional groups attached to an aromatic ring is 1. The normalized spacial score (nSPS) is 10.6. The first-order valence-electron chi connectivity index (χ1n) is 5.35. The molecule has 6 heteroatoms. The van der Waals surface area contributed by atoms with Gasteiger partial charge in [0.15, 0.2) is 6.29 Å². The summed E-state index contributed by atoms with van der Waals surface area (Å²) in [6.07, 6.45) is 0.606. The van der Waals surface area contributed by atoms with Crippen molar-refractivity contribution >= 4 is 12.1 Å². The van der Waals surface area contributed by atoms with Gasteiger partial charge in [0.2, 0.25) is 0 Å². The van der Waals surface area contributed by atoms with Crippen LogP contribution >= 0.6 is 0 Å². The van der Waals surface area contributed by atoms with Crippen LogP contribution in [0.15, 0.2) is 24.3 Å². The maximum atomic E-state index is 12.8. The lowest BCUT2D eigenvalue weighted by atomic mass is 10.1. The van der Waals surface area contributed by atoms with Crippen molar-refractivity contribution in [3.8, 4) is 11.3 Å². The number of carbonyl (C=O) groups excluding carboxylic acids is 1. The molecule has 0 amide bonds. The Bertz CT molecular complexity index is 563. The van der Waals surface area contributed by atoms with Gasteiger partial charge >= 0.3 is 0 Å². The van der Waals surface area contributed by atoms with Gasteiger partial charge in [0.25, 0.3) is 0 Å². The van der Waals surface area contributed by atoms with E-state index in [9.17, 15) is 9.18 Å². The monoisotopic (exact) mass is 249 g/mol. The number of hydrogen-bond donors (Lipinski definition) is 2. The van der Waals surface area contributed by atoms with Crippen molar-refractivity contribution in [2.75, 3.05) is 12.3 Å². The molecule has 2 aromatic rings. The summed E-state index contributed by atoms with van der Waals surface area (Å²) < 4.78 is 14.2. The predicted molar refractivity (Wildman–Crippen MR) is 64.5 cm³/mol. The third-order valence-electron chi connectivity index (χ3n) is 2.58. The van der Waals surface area contributed by atoms with Gasteiger partial charge in [-0.1, -0.05) is 0 Å². The molecule has 0 aliphatic carbocycles. The molecule has 1 aromatic carbocycles. The number of aliphatic hydroxyl groups is 1. The summed E-state index contributed by atoms with van der Waals surface area (Å²) in [5, 5.41) is 13.0. The van der Waals surface area contributed by atoms with Crippen LogP contribution in [0.1, 0.15) is 10.4 Å². The minimum atomic E-state index is -0.367. The Labute approximate surface area is 103 Å². The van der Waals surface area contributed by atoms with Crippen LogP contribution < -0.4 is 5.73 Å². The maximum absolute atomic E-state index is 12.8. The zero-order valence-electron chi connectivity index (χ0n) is 9.51. The molecule has 0 fully saturated rings. The topological polar surface area (TPSA) is 81.1 Å². The molecule has 0 saturated carbocycles. The zero-order valence-corrected chi connectivity index (χ0v) is 9.51. The number of halogens is 1. The standard InChI is InChI=1S/C12H12FN3O2/c13-9-3-1-8(2-4-9)11-10(7-18)12(14)16(15-11)5-6-17/h1-4,7,17H,5-6,14H2. The zero-order chi connectivity index (χ0) is 13.1. The highest BCUT2D eigenvalue weighted by Crippen LogP contribution is 2.25. The first-order valence-corrected chi connectivity index (χ1v) is 5.35. The molecule has 2 rings (SSSR count). The van der Waals surface area contributed by atoms with Gasteiger partial charge in [-0.3, -0.25) is 4.79 Å². The Hall–Kier alpha value is -2.21. The molecule has 0 atom stereocenters. The second-order valence-electron chi connectivity index (χ2n) is 3.72. The van der Waals surface area contributed by atoms with Crippen molar-refractivity contribution in [1.82, 2.24) is 9.78 Å². The molecular formula is C12H12FN3O2. The van der Waals surface area contributed by atoms with Crippen LogP contribution in [0, 0.1) is 5.82 Å². The van der Waals surface area contributed by atoms with Gasteiger partial charge in [0.05, 0.1) is 18.7 Å². The first-order chi connectivity index (χ1) is 8.67. The summed E-state index contributed by atoms with van der Waals surface area (Å²) in [5.41, 5.74) is 6.98. The third-order valence-corrected chi connectivity index (χ3v) is 2.58. The van der Waals surface area contributed by atoms with E-state index in [0.717, 1.165) is 0 Å². The van der Waals surface area contributed by atoms with E-state index in [4.69, 9.17) is 10.8 Å². The SMILES string of the molecule is Nc1c(C=O)c(-c2ccc(F)cc2)nn1CCO. The van der Waals surface area contributed by atoms with Gasteiger partial charge in [0, 0.05) is 5.56 Å². The molecule has 0 radical (unpaired) electrons. The average molecular weight is 249 g/mol. The number of carbonyl (C=O) groups is 1. The van der Waals surface area contributed by atoms with Gasteiger partial charge in [-0.25, -0.2) is 9.07 Å². The van der Waals surface area contributed by atoms with Crippen LogP contribution in [0.25, 0.3) is 11.3 Å². The third kappa shape index (κ3) is 2.10. The molecule has 0 aliphatic rings. The molecule has 18 heavy (non-hydrogen) atoms. The fraction of sp³-hybridized carbons (Fsp3) is 0.167. The van der Waals surface area contributed by atoms with E-state index in [-0.39, 0.29) is 30.4 Å². The Kier molecular flexibility index (Phi) is 3.38. The van der Waals surface area contributed by atoms with E-state index >= 15 is 0 Å². The molecular weight excluding hydrogens is 237 g/mol. The molecule has 0 saturated heterocycles. The van der Waals surface area contributed by atoms with Crippen molar-refractivity contribution < 1.29 is 14.3 Å². The molecule has 0 spiro atoms. The number of rotatable bonds is 4. The maximum Gasteiger partial charge on any atom is 0.156 e. The van der Waals surface area contributed by atoms with Crippen LogP contribution in [-0.2, 0) is 6.54 Å². The average Bonchev–Trinajstić information content (AvgIpc) is 2.68. The lowest BCUT2D eigenvalue weighted by Crippen LogP contribution is -2.08. The molecule has 3 N–H and O–H groups in total. The van der Waals surface area contributed by atoms with Crippen molar-refractivity contribution in [3.05, 3.63) is 35.6 Å². The number of anilines is 1. The highest BCUT2D eigenvalue weighted by Gasteiger charge is 2.16. The Morgan fingerprint density at radius 2 is 2.06 bits per heavy atom. The lowest BCUT2D eigenvalue weighted by Gasteiger charge is -1.99. The highest BCUT2D eigenvalue weighted by molar-refractivity contribution is 5.91. The number of nitrogens with zero attached hydrogens (tertiary/aromatic N) is 2. The van der Waals surface area contributed by atoms with Gasteiger partial charge < -0.3 is 10.8 Å². The van der Waals surface area contributed by atoms with Crippen molar-refractivity contribution in [3.63, 3.8) is 0 Å². The highest BCUT2D eigenvalue weighted by atomic mass is 19.1. The van der Waals surface area contributed by atoms with Crippen molar-refractivity contribution in [2.45, 2.75) is 6.54 Å². The minimum absolute atomic E-state index is 0.132. The van der Waals surface area contributed by atoms with Gasteiger partial charge in [-0.2, -0.15) is 5.10 Å².